The van der Waals surface area contributed by atoms with Gasteiger partial charge in [-0.15, -0.1) is 0 Å². The molecule has 6 nitrogen and oxygen atoms in total. The van der Waals surface area contributed by atoms with Crippen LogP contribution in [0, 0.1) is 6.92 Å². The van der Waals surface area contributed by atoms with E-state index in [0.29, 0.717) is 11.1 Å². The lowest BCUT2D eigenvalue weighted by Gasteiger charge is -2.18. The van der Waals surface area contributed by atoms with Crippen LogP contribution in [0.3, 0.4) is 0 Å². The molecular formula is C12H18N2O4S3. The summed E-state index contributed by atoms with van der Waals surface area (Å²) in [5, 5.41) is 0. The molecule has 0 amide bonds. The van der Waals surface area contributed by atoms with Gasteiger partial charge in [-0.3, -0.25) is 0 Å². The Morgan fingerprint density at radius 2 is 1.86 bits per heavy atom. The Morgan fingerprint density at radius 3 is 2.33 bits per heavy atom. The van der Waals surface area contributed by atoms with Crippen molar-refractivity contribution < 1.29 is 16.8 Å². The molecule has 0 saturated carbocycles. The highest BCUT2D eigenvalue weighted by atomic mass is 32.2. The van der Waals surface area contributed by atoms with Crippen LogP contribution in [0.2, 0.25) is 0 Å². The lowest BCUT2D eigenvalue weighted by atomic mass is 10.1. The summed E-state index contributed by atoms with van der Waals surface area (Å²) in [6.07, 6.45) is 1.06. The number of nitrogens with two attached hydrogens (primary N) is 1. The third-order valence-electron chi connectivity index (χ3n) is 2.94. The largest absolute Gasteiger partial charge is 0.389 e. The molecule has 2 N–H and O–H groups in total. The molecule has 21 heavy (non-hydrogen) atoms. The lowest BCUT2D eigenvalue weighted by molar-refractivity contribution is 0.484. The normalized spacial score (nSPS) is 12.6. The van der Waals surface area contributed by atoms with Crippen LogP contribution in [0.5, 0.6) is 0 Å². The summed E-state index contributed by atoms with van der Waals surface area (Å²) in [6.45, 7) is 1.54. The Kier molecular flexibility index (Phi) is 5.48. The van der Waals surface area contributed by atoms with Gasteiger partial charge in [-0.05, 0) is 18.6 Å². The zero-order valence-corrected chi connectivity index (χ0v) is 14.5. The van der Waals surface area contributed by atoms with Gasteiger partial charge in [0.1, 0.15) is 14.8 Å². The predicted molar refractivity (Wildman–Crippen MR) is 86.6 cm³/mol. The highest BCUT2D eigenvalue weighted by molar-refractivity contribution is 7.91. The van der Waals surface area contributed by atoms with Gasteiger partial charge < -0.3 is 5.73 Å². The monoisotopic (exact) mass is 350 g/mol. The van der Waals surface area contributed by atoms with Gasteiger partial charge in [0.05, 0.1) is 10.6 Å². The fourth-order valence-corrected chi connectivity index (χ4v) is 3.88. The minimum atomic E-state index is -3.79. The maximum Gasteiger partial charge on any atom is 0.243 e. The van der Waals surface area contributed by atoms with Crippen LogP contribution in [0.1, 0.15) is 11.1 Å². The zero-order chi connectivity index (χ0) is 16.4. The molecule has 0 unspecified atom stereocenters. The molecule has 0 spiro atoms. The van der Waals surface area contributed by atoms with Gasteiger partial charge in [0.15, 0.2) is 0 Å². The van der Waals surface area contributed by atoms with E-state index < -0.39 is 19.9 Å². The van der Waals surface area contributed by atoms with Gasteiger partial charge in [-0.2, -0.15) is 4.31 Å². The summed E-state index contributed by atoms with van der Waals surface area (Å²) < 4.78 is 48.3. The smallest absolute Gasteiger partial charge is 0.243 e. The third-order valence-corrected chi connectivity index (χ3v) is 6.10. The van der Waals surface area contributed by atoms with Crippen molar-refractivity contribution in [3.05, 3.63) is 29.3 Å². The molecule has 0 aliphatic rings. The molecule has 0 saturated heterocycles. The molecule has 118 valence electrons. The standard InChI is InChI=1S/C12H18N2O4S3/c1-9-4-5-10(12(13)19)8-11(9)21(17,18)14(2)6-7-20(3,15)16/h4-5,8H,6-7H2,1-3H3,(H2,13,19). The number of hydrogen-bond donors (Lipinski definition) is 1. The van der Waals surface area contributed by atoms with Gasteiger partial charge in [0, 0.05) is 25.4 Å². The van der Waals surface area contributed by atoms with E-state index in [2.05, 4.69) is 0 Å². The number of sulfonamides is 1. The second-order valence-electron chi connectivity index (χ2n) is 4.80. The maximum atomic E-state index is 12.5. The summed E-state index contributed by atoms with van der Waals surface area (Å²) in [5.74, 6) is -0.239. The fraction of sp³-hybridized carbons (Fsp3) is 0.417. The van der Waals surface area contributed by atoms with Gasteiger partial charge >= 0.3 is 0 Å². The first-order valence-electron chi connectivity index (χ1n) is 5.99. The molecule has 0 aromatic heterocycles. The van der Waals surface area contributed by atoms with Crippen LogP contribution in [0.15, 0.2) is 23.1 Å². The lowest BCUT2D eigenvalue weighted by Crippen LogP contribution is -2.32. The van der Waals surface area contributed by atoms with Gasteiger partial charge in [-0.25, -0.2) is 16.8 Å². The van der Waals surface area contributed by atoms with Crippen molar-refractivity contribution in [3.8, 4) is 0 Å². The number of sulfone groups is 1. The highest BCUT2D eigenvalue weighted by Gasteiger charge is 2.24. The second-order valence-corrected chi connectivity index (χ2v) is 9.51. The summed E-state index contributed by atoms with van der Waals surface area (Å²) in [7, 11) is -5.69. The van der Waals surface area contributed by atoms with E-state index in [-0.39, 0.29) is 22.2 Å². The molecule has 9 heteroatoms. The number of aryl methyl sites for hydroxylation is 1. The van der Waals surface area contributed by atoms with Crippen LogP contribution >= 0.6 is 12.2 Å². The van der Waals surface area contributed by atoms with Gasteiger partial charge in [0.25, 0.3) is 0 Å². The predicted octanol–water partition coefficient (Wildman–Crippen LogP) is 0.294. The van der Waals surface area contributed by atoms with Crippen LogP contribution in [-0.4, -0.2) is 51.7 Å². The van der Waals surface area contributed by atoms with E-state index in [4.69, 9.17) is 18.0 Å². The molecular weight excluding hydrogens is 332 g/mol. The number of nitrogens with zero attached hydrogens (tertiary/aromatic N) is 1. The first kappa shape index (κ1) is 18.0. The first-order valence-corrected chi connectivity index (χ1v) is 9.90. The first-order chi connectivity index (χ1) is 9.45. The number of hydrogen-bond acceptors (Lipinski definition) is 5. The number of rotatable bonds is 6. The number of thiocarbonyl (C=S) groups is 1. The fourth-order valence-electron chi connectivity index (χ4n) is 1.61. The van der Waals surface area contributed by atoms with E-state index >= 15 is 0 Å². The molecule has 0 aliphatic carbocycles. The Balaban J connectivity index is 3.18. The molecule has 0 bridgehead atoms. The summed E-state index contributed by atoms with van der Waals surface area (Å²) in [4.78, 5) is 0.175. The van der Waals surface area contributed by atoms with Crippen molar-refractivity contribution in [3.63, 3.8) is 0 Å². The Bertz CT molecular complexity index is 755. The van der Waals surface area contributed by atoms with Crippen molar-refractivity contribution in [2.45, 2.75) is 11.8 Å². The molecule has 1 aromatic rings. The van der Waals surface area contributed by atoms with Crippen molar-refractivity contribution in [2.75, 3.05) is 25.6 Å². The number of benzene rings is 1. The van der Waals surface area contributed by atoms with Crippen molar-refractivity contribution in [1.29, 1.82) is 0 Å². The van der Waals surface area contributed by atoms with E-state index in [1.54, 1.807) is 19.1 Å². The zero-order valence-electron chi connectivity index (χ0n) is 12.0. The molecule has 0 aliphatic heterocycles. The average molecular weight is 350 g/mol. The summed E-state index contributed by atoms with van der Waals surface area (Å²) in [6, 6.07) is 4.67. The van der Waals surface area contributed by atoms with Crippen LogP contribution in [0.4, 0.5) is 0 Å². The minimum absolute atomic E-state index is 0.0730. The molecule has 0 heterocycles. The van der Waals surface area contributed by atoms with E-state index in [1.165, 1.54) is 13.1 Å². The minimum Gasteiger partial charge on any atom is -0.389 e. The SMILES string of the molecule is Cc1ccc(C(N)=S)cc1S(=O)(=O)N(C)CCS(C)(=O)=O. The average Bonchev–Trinajstić information content (AvgIpc) is 2.34. The molecule has 0 radical (unpaired) electrons. The van der Waals surface area contributed by atoms with Gasteiger partial charge in [-0.1, -0.05) is 24.4 Å². The van der Waals surface area contributed by atoms with Crippen LogP contribution in [-0.2, 0) is 19.9 Å². The van der Waals surface area contributed by atoms with Crippen LogP contribution in [0.25, 0.3) is 0 Å². The summed E-state index contributed by atoms with van der Waals surface area (Å²) in [5.41, 5.74) is 6.50. The van der Waals surface area contributed by atoms with Gasteiger partial charge in [0.2, 0.25) is 10.0 Å². The molecule has 1 rings (SSSR count). The van der Waals surface area contributed by atoms with Crippen molar-refractivity contribution in [2.24, 2.45) is 5.73 Å². The quantitative estimate of drug-likeness (QED) is 0.741. The van der Waals surface area contributed by atoms with Crippen LogP contribution < -0.4 is 5.73 Å². The Morgan fingerprint density at radius 1 is 1.29 bits per heavy atom. The Labute approximate surface area is 130 Å². The van der Waals surface area contributed by atoms with Crippen molar-refractivity contribution >= 4 is 37.1 Å². The van der Waals surface area contributed by atoms with E-state index in [1.807, 2.05) is 0 Å². The van der Waals surface area contributed by atoms with E-state index in [0.717, 1.165) is 10.6 Å². The second kappa shape index (κ2) is 6.39. The highest BCUT2D eigenvalue weighted by Crippen LogP contribution is 2.20. The molecule has 0 fully saturated rings. The topological polar surface area (TPSA) is 97.5 Å². The third kappa shape index (κ3) is 4.73. The van der Waals surface area contributed by atoms with E-state index in [9.17, 15) is 16.8 Å². The molecule has 0 atom stereocenters. The molecule has 1 aromatic carbocycles. The Hall–Kier alpha value is -1.03. The summed E-state index contributed by atoms with van der Waals surface area (Å²) >= 11 is 4.84. The maximum absolute atomic E-state index is 12.5. The van der Waals surface area contributed by atoms with Crippen molar-refractivity contribution in [1.82, 2.24) is 4.31 Å².